The van der Waals surface area contributed by atoms with Crippen LogP contribution in [-0.2, 0) is 0 Å². The van der Waals surface area contributed by atoms with E-state index >= 15 is 0 Å². The van der Waals surface area contributed by atoms with E-state index in [1.807, 2.05) is 0 Å². The topological polar surface area (TPSA) is 40.5 Å². The van der Waals surface area contributed by atoms with Gasteiger partial charge in [0.1, 0.15) is 0 Å². The van der Waals surface area contributed by atoms with Crippen LogP contribution >= 0.6 is 0 Å². The first-order valence-corrected chi connectivity index (χ1v) is 13.8. The van der Waals surface area contributed by atoms with Gasteiger partial charge in [0.2, 0.25) is 0 Å². The van der Waals surface area contributed by atoms with Gasteiger partial charge in [-0.25, -0.2) is 0 Å². The molecule has 2 nitrogen and oxygen atoms in total. The van der Waals surface area contributed by atoms with Crippen molar-refractivity contribution in [2.75, 3.05) is 0 Å². The lowest BCUT2D eigenvalue weighted by Gasteiger charge is -2.63. The molecule has 9 atom stereocenters. The molecule has 4 saturated carbocycles. The van der Waals surface area contributed by atoms with Gasteiger partial charge in [0.25, 0.3) is 0 Å². The predicted octanol–water partition coefficient (Wildman–Crippen LogP) is 7.14. The Bertz CT molecular complexity index is 795. The van der Waals surface area contributed by atoms with Crippen LogP contribution in [0.25, 0.3) is 0 Å². The van der Waals surface area contributed by atoms with E-state index < -0.39 is 0 Å². The first kappa shape index (κ1) is 23.4. The van der Waals surface area contributed by atoms with E-state index in [0.717, 1.165) is 25.2 Å². The summed E-state index contributed by atoms with van der Waals surface area (Å²) in [6, 6.07) is 0. The summed E-state index contributed by atoms with van der Waals surface area (Å²) in [4.78, 5) is 0. The number of allylic oxidation sites excluding steroid dienone is 2. The summed E-state index contributed by atoms with van der Waals surface area (Å²) in [6.45, 7) is 17.2. The van der Waals surface area contributed by atoms with Crippen molar-refractivity contribution >= 4 is 0 Å². The van der Waals surface area contributed by atoms with Gasteiger partial charge in [-0.05, 0) is 115 Å². The fourth-order valence-electron chi connectivity index (χ4n) is 10.9. The van der Waals surface area contributed by atoms with Crippen LogP contribution in [0.2, 0.25) is 0 Å². The second-order valence-corrected chi connectivity index (χ2v) is 14.9. The van der Waals surface area contributed by atoms with Crippen molar-refractivity contribution < 1.29 is 10.2 Å². The van der Waals surface area contributed by atoms with E-state index in [9.17, 15) is 10.2 Å². The second kappa shape index (κ2) is 7.09. The zero-order chi connectivity index (χ0) is 23.3. The van der Waals surface area contributed by atoms with E-state index in [-0.39, 0.29) is 23.0 Å². The first-order valence-electron chi connectivity index (χ1n) is 13.8. The third kappa shape index (κ3) is 2.96. The summed E-state index contributed by atoms with van der Waals surface area (Å²) < 4.78 is 0. The molecule has 0 bridgehead atoms. The number of fused-ring (bicyclic) bond motifs is 6. The smallest absolute Gasteiger partial charge is 0.0594 e. The summed E-state index contributed by atoms with van der Waals surface area (Å²) >= 11 is 0. The summed E-state index contributed by atoms with van der Waals surface area (Å²) in [5.74, 6) is 2.68. The van der Waals surface area contributed by atoms with E-state index in [2.05, 4.69) is 54.5 Å². The molecule has 32 heavy (non-hydrogen) atoms. The lowest BCUT2D eigenvalue weighted by atomic mass is 9.42. The maximum absolute atomic E-state index is 10.9. The molecule has 2 unspecified atom stereocenters. The Morgan fingerprint density at radius 2 is 1.25 bits per heavy atom. The largest absolute Gasteiger partial charge is 0.393 e. The normalized spacial score (nSPS) is 54.2. The fourth-order valence-corrected chi connectivity index (χ4v) is 10.9. The molecule has 5 aliphatic carbocycles. The molecule has 2 heteroatoms. The van der Waals surface area contributed by atoms with Gasteiger partial charge in [-0.1, -0.05) is 60.1 Å². The van der Waals surface area contributed by atoms with Gasteiger partial charge in [-0.2, -0.15) is 0 Å². The van der Waals surface area contributed by atoms with Gasteiger partial charge < -0.3 is 10.2 Å². The van der Waals surface area contributed by atoms with Crippen molar-refractivity contribution in [1.29, 1.82) is 0 Å². The Kier molecular flexibility index (Phi) is 5.19. The second-order valence-electron chi connectivity index (χ2n) is 14.9. The van der Waals surface area contributed by atoms with E-state index in [4.69, 9.17) is 0 Å². The third-order valence-electron chi connectivity index (χ3n) is 12.9. The van der Waals surface area contributed by atoms with Gasteiger partial charge in [0.05, 0.1) is 12.2 Å². The van der Waals surface area contributed by atoms with Crippen LogP contribution in [0.5, 0.6) is 0 Å². The summed E-state index contributed by atoms with van der Waals surface area (Å²) in [6.07, 6.45) is 14.4. The standard InChI is InChI=1S/C30H50O2/c1-26(2)21-10-8-19-18-28(5)15-12-22-27(3,4)25(32)14-17-30(22,7)23(28)11-9-20(19)29(21,6)16-13-24(26)31/h8,20-25,31-32H,9-18H2,1-7H3/t20-,21+,22+,23-,24?,25?,28+,29-,30+/m1/s1. The average Bonchev–Trinajstić information content (AvgIpc) is 2.86. The van der Waals surface area contributed by atoms with Crippen molar-refractivity contribution in [1.82, 2.24) is 0 Å². The maximum Gasteiger partial charge on any atom is 0.0594 e. The third-order valence-corrected chi connectivity index (χ3v) is 12.9. The molecule has 5 rings (SSSR count). The van der Waals surface area contributed by atoms with Crippen LogP contribution in [0.1, 0.15) is 113 Å². The number of rotatable bonds is 0. The monoisotopic (exact) mass is 442 g/mol. The highest BCUT2D eigenvalue weighted by Crippen LogP contribution is 2.70. The zero-order valence-electron chi connectivity index (χ0n) is 22.0. The molecule has 0 heterocycles. The van der Waals surface area contributed by atoms with Crippen LogP contribution in [0.15, 0.2) is 11.6 Å². The minimum absolute atomic E-state index is 0.0125. The number of aliphatic hydroxyl groups excluding tert-OH is 2. The average molecular weight is 443 g/mol. The van der Waals surface area contributed by atoms with Crippen molar-refractivity contribution in [3.63, 3.8) is 0 Å². The summed E-state index contributed by atoms with van der Waals surface area (Å²) in [5.41, 5.74) is 2.91. The highest BCUT2D eigenvalue weighted by Gasteiger charge is 2.63. The van der Waals surface area contributed by atoms with Gasteiger partial charge in [-0.15, -0.1) is 0 Å². The Labute approximate surface area is 197 Å². The Morgan fingerprint density at radius 1 is 0.656 bits per heavy atom. The van der Waals surface area contributed by atoms with Crippen LogP contribution in [0.3, 0.4) is 0 Å². The molecule has 5 aliphatic rings. The molecule has 0 spiro atoms. The molecule has 0 aromatic heterocycles. The van der Waals surface area contributed by atoms with E-state index in [0.29, 0.717) is 34.0 Å². The van der Waals surface area contributed by atoms with E-state index in [1.54, 1.807) is 5.57 Å². The minimum Gasteiger partial charge on any atom is -0.393 e. The summed E-state index contributed by atoms with van der Waals surface area (Å²) in [5, 5.41) is 21.7. The Balaban J connectivity index is 1.50. The fraction of sp³-hybridized carbons (Fsp3) is 0.933. The molecule has 0 aliphatic heterocycles. The lowest BCUT2D eigenvalue weighted by molar-refractivity contribution is -0.170. The quantitative estimate of drug-likeness (QED) is 0.391. The van der Waals surface area contributed by atoms with Crippen molar-refractivity contribution in [3.05, 3.63) is 11.6 Å². The van der Waals surface area contributed by atoms with Crippen molar-refractivity contribution in [2.45, 2.75) is 125 Å². The molecule has 0 radical (unpaired) electrons. The number of hydrogen-bond donors (Lipinski definition) is 2. The maximum atomic E-state index is 10.9. The molecular formula is C30H50O2. The van der Waals surface area contributed by atoms with Crippen LogP contribution in [0, 0.1) is 50.7 Å². The number of aliphatic hydroxyl groups is 2. The molecular weight excluding hydrogens is 392 g/mol. The van der Waals surface area contributed by atoms with Gasteiger partial charge in [0.15, 0.2) is 0 Å². The van der Waals surface area contributed by atoms with Crippen LogP contribution < -0.4 is 0 Å². The van der Waals surface area contributed by atoms with Crippen molar-refractivity contribution in [2.24, 2.45) is 50.7 Å². The minimum atomic E-state index is -0.156. The molecule has 2 N–H and O–H groups in total. The molecule has 182 valence electrons. The highest BCUT2D eigenvalue weighted by atomic mass is 16.3. The molecule has 0 saturated heterocycles. The molecule has 0 amide bonds. The lowest BCUT2D eigenvalue weighted by Crippen LogP contribution is -2.58. The van der Waals surface area contributed by atoms with Gasteiger partial charge >= 0.3 is 0 Å². The Morgan fingerprint density at radius 3 is 1.91 bits per heavy atom. The van der Waals surface area contributed by atoms with Gasteiger partial charge in [-0.3, -0.25) is 0 Å². The summed E-state index contributed by atoms with van der Waals surface area (Å²) in [7, 11) is 0. The molecule has 4 fully saturated rings. The van der Waals surface area contributed by atoms with E-state index in [1.165, 1.54) is 44.9 Å². The molecule has 0 aromatic rings. The predicted molar refractivity (Wildman–Crippen MR) is 132 cm³/mol. The zero-order valence-corrected chi connectivity index (χ0v) is 22.0. The van der Waals surface area contributed by atoms with Crippen LogP contribution in [0.4, 0.5) is 0 Å². The van der Waals surface area contributed by atoms with Crippen LogP contribution in [-0.4, -0.2) is 22.4 Å². The number of hydrogen-bond acceptors (Lipinski definition) is 2. The van der Waals surface area contributed by atoms with Gasteiger partial charge in [0, 0.05) is 0 Å². The van der Waals surface area contributed by atoms with Crippen molar-refractivity contribution in [3.8, 4) is 0 Å². The molecule has 0 aromatic carbocycles. The Hall–Kier alpha value is -0.340. The first-order chi connectivity index (χ1) is 14.8. The highest BCUT2D eigenvalue weighted by molar-refractivity contribution is 5.25. The SMILES string of the molecule is CC1(C)C(O)CC[C@]2(C)[C@@H]3CC[C@@H]4[C@@](C)(CC[C@H]5C(C)(C)C(O)CC[C@]45C)CC3=CC[C@@H]12.